The Bertz CT molecular complexity index is 437. The molecule has 0 aliphatic carbocycles. The Morgan fingerprint density at radius 2 is 2.00 bits per heavy atom. The Hall–Kier alpha value is -1.35. The number of benzene rings is 1. The van der Waals surface area contributed by atoms with Crippen LogP contribution in [0.1, 0.15) is 11.3 Å². The number of pyridine rings is 1. The van der Waals surface area contributed by atoms with Gasteiger partial charge < -0.3 is 5.32 Å². The Balaban J connectivity index is 2.09. The number of nitrogens with one attached hydrogen (secondary N) is 1. The van der Waals surface area contributed by atoms with Crippen LogP contribution in [0.25, 0.3) is 0 Å². The van der Waals surface area contributed by atoms with Crippen LogP contribution in [-0.2, 0) is 6.54 Å². The Morgan fingerprint density at radius 3 is 2.75 bits per heavy atom. The first-order valence-electron chi connectivity index (χ1n) is 5.16. The van der Waals surface area contributed by atoms with Crippen molar-refractivity contribution in [1.82, 2.24) is 4.98 Å². The fourth-order valence-electron chi connectivity index (χ4n) is 1.49. The number of hydrogen-bond donors (Lipinski definition) is 1. The van der Waals surface area contributed by atoms with Crippen molar-refractivity contribution in [3.8, 4) is 0 Å². The molecule has 0 radical (unpaired) electrons. The van der Waals surface area contributed by atoms with Crippen LogP contribution in [0.4, 0.5) is 5.69 Å². The van der Waals surface area contributed by atoms with Gasteiger partial charge in [-0.3, -0.25) is 4.98 Å². The lowest BCUT2D eigenvalue weighted by molar-refractivity contribution is 1.02. The monoisotopic (exact) mass is 276 g/mol. The van der Waals surface area contributed by atoms with Gasteiger partial charge in [-0.05, 0) is 46.6 Å². The zero-order valence-corrected chi connectivity index (χ0v) is 10.7. The summed E-state index contributed by atoms with van der Waals surface area (Å²) >= 11 is 3.51. The quantitative estimate of drug-likeness (QED) is 0.923. The van der Waals surface area contributed by atoms with Crippen molar-refractivity contribution in [2.45, 2.75) is 13.5 Å². The molecule has 82 valence electrons. The molecule has 0 saturated carbocycles. The van der Waals surface area contributed by atoms with Gasteiger partial charge in [0.25, 0.3) is 0 Å². The molecule has 0 amide bonds. The average Bonchev–Trinajstić information content (AvgIpc) is 2.30. The predicted molar refractivity (Wildman–Crippen MR) is 70.4 cm³/mol. The molecule has 0 bridgehead atoms. The van der Waals surface area contributed by atoms with Crippen molar-refractivity contribution in [2.24, 2.45) is 0 Å². The molecule has 0 saturated heterocycles. The van der Waals surface area contributed by atoms with Gasteiger partial charge in [-0.1, -0.05) is 18.2 Å². The van der Waals surface area contributed by atoms with E-state index in [4.69, 9.17) is 0 Å². The maximum Gasteiger partial charge on any atom is 0.0623 e. The third kappa shape index (κ3) is 2.61. The van der Waals surface area contributed by atoms with Gasteiger partial charge in [0.05, 0.1) is 12.2 Å². The van der Waals surface area contributed by atoms with Crippen molar-refractivity contribution < 1.29 is 0 Å². The van der Waals surface area contributed by atoms with Crippen molar-refractivity contribution >= 4 is 21.6 Å². The number of rotatable bonds is 3. The smallest absolute Gasteiger partial charge is 0.0623 e. The maximum atomic E-state index is 4.35. The number of aryl methyl sites for hydroxylation is 1. The van der Waals surface area contributed by atoms with E-state index in [1.165, 1.54) is 5.56 Å². The molecule has 2 rings (SSSR count). The lowest BCUT2D eigenvalue weighted by Gasteiger charge is -2.09. The summed E-state index contributed by atoms with van der Waals surface area (Å²) in [7, 11) is 0. The lowest BCUT2D eigenvalue weighted by atomic mass is 10.2. The highest BCUT2D eigenvalue weighted by atomic mass is 79.9. The fraction of sp³-hybridized carbons (Fsp3) is 0.154. The molecule has 1 aromatic heterocycles. The van der Waals surface area contributed by atoms with Crippen LogP contribution < -0.4 is 5.32 Å². The predicted octanol–water partition coefficient (Wildman–Crippen LogP) is 3.76. The molecule has 2 aromatic rings. The summed E-state index contributed by atoms with van der Waals surface area (Å²) in [5, 5.41) is 3.36. The minimum Gasteiger partial charge on any atom is -0.378 e. The molecular weight excluding hydrogens is 264 g/mol. The summed E-state index contributed by atoms with van der Waals surface area (Å²) in [5.74, 6) is 0. The van der Waals surface area contributed by atoms with Crippen LogP contribution in [-0.4, -0.2) is 4.98 Å². The first kappa shape index (κ1) is 11.1. The SMILES string of the molecule is Cc1cccnc1CNc1ccccc1Br. The second kappa shape index (κ2) is 5.12. The lowest BCUT2D eigenvalue weighted by Crippen LogP contribution is -2.03. The Morgan fingerprint density at radius 1 is 1.19 bits per heavy atom. The highest BCUT2D eigenvalue weighted by Gasteiger charge is 2.00. The number of aromatic nitrogens is 1. The molecule has 0 aliphatic heterocycles. The molecule has 2 nitrogen and oxygen atoms in total. The second-order valence-electron chi connectivity index (χ2n) is 3.60. The minimum atomic E-state index is 0.745. The van der Waals surface area contributed by atoms with E-state index in [1.54, 1.807) is 0 Å². The van der Waals surface area contributed by atoms with Crippen molar-refractivity contribution in [1.29, 1.82) is 0 Å². The van der Waals surface area contributed by atoms with Crippen LogP contribution in [0.15, 0.2) is 47.1 Å². The summed E-state index contributed by atoms with van der Waals surface area (Å²) in [4.78, 5) is 4.35. The first-order chi connectivity index (χ1) is 7.77. The van der Waals surface area contributed by atoms with Gasteiger partial charge in [-0.25, -0.2) is 0 Å². The van der Waals surface area contributed by atoms with Gasteiger partial charge >= 0.3 is 0 Å². The number of para-hydroxylation sites is 1. The van der Waals surface area contributed by atoms with E-state index in [-0.39, 0.29) is 0 Å². The minimum absolute atomic E-state index is 0.745. The molecule has 0 aliphatic rings. The highest BCUT2D eigenvalue weighted by Crippen LogP contribution is 2.21. The molecule has 1 N–H and O–H groups in total. The van der Waals surface area contributed by atoms with Gasteiger partial charge in [-0.2, -0.15) is 0 Å². The van der Waals surface area contributed by atoms with Crippen LogP contribution in [0.3, 0.4) is 0 Å². The molecule has 16 heavy (non-hydrogen) atoms. The molecule has 1 heterocycles. The molecule has 0 fully saturated rings. The zero-order valence-electron chi connectivity index (χ0n) is 9.07. The van der Waals surface area contributed by atoms with E-state index >= 15 is 0 Å². The normalized spacial score (nSPS) is 10.1. The van der Waals surface area contributed by atoms with E-state index in [0.29, 0.717) is 0 Å². The maximum absolute atomic E-state index is 4.35. The number of nitrogens with zero attached hydrogens (tertiary/aromatic N) is 1. The number of halogens is 1. The topological polar surface area (TPSA) is 24.9 Å². The van der Waals surface area contributed by atoms with Crippen LogP contribution in [0.5, 0.6) is 0 Å². The molecule has 0 unspecified atom stereocenters. The highest BCUT2D eigenvalue weighted by molar-refractivity contribution is 9.10. The van der Waals surface area contributed by atoms with Crippen LogP contribution in [0, 0.1) is 6.92 Å². The third-order valence-corrected chi connectivity index (χ3v) is 3.13. The average molecular weight is 277 g/mol. The summed E-state index contributed by atoms with van der Waals surface area (Å²) in [6.45, 7) is 2.82. The van der Waals surface area contributed by atoms with Crippen molar-refractivity contribution in [3.05, 3.63) is 58.3 Å². The van der Waals surface area contributed by atoms with E-state index in [2.05, 4.69) is 39.2 Å². The van der Waals surface area contributed by atoms with Gasteiger partial charge in [0.2, 0.25) is 0 Å². The van der Waals surface area contributed by atoms with E-state index < -0.39 is 0 Å². The summed E-state index contributed by atoms with van der Waals surface area (Å²) in [6.07, 6.45) is 1.82. The Labute approximate surface area is 104 Å². The van der Waals surface area contributed by atoms with E-state index in [1.807, 2.05) is 36.5 Å². The zero-order chi connectivity index (χ0) is 11.4. The van der Waals surface area contributed by atoms with Crippen LogP contribution in [0.2, 0.25) is 0 Å². The van der Waals surface area contributed by atoms with Gasteiger partial charge in [0.15, 0.2) is 0 Å². The van der Waals surface area contributed by atoms with Crippen molar-refractivity contribution in [2.75, 3.05) is 5.32 Å². The van der Waals surface area contributed by atoms with E-state index in [9.17, 15) is 0 Å². The standard InChI is InChI=1S/C13H13BrN2/c1-10-5-4-8-15-13(10)9-16-12-7-3-2-6-11(12)14/h2-8,16H,9H2,1H3. The molecule has 0 atom stereocenters. The van der Waals surface area contributed by atoms with E-state index in [0.717, 1.165) is 22.4 Å². The van der Waals surface area contributed by atoms with Gasteiger partial charge in [-0.15, -0.1) is 0 Å². The second-order valence-corrected chi connectivity index (χ2v) is 4.45. The largest absolute Gasteiger partial charge is 0.378 e. The summed E-state index contributed by atoms with van der Waals surface area (Å²) < 4.78 is 1.07. The van der Waals surface area contributed by atoms with Crippen LogP contribution >= 0.6 is 15.9 Å². The molecule has 0 spiro atoms. The number of hydrogen-bond acceptors (Lipinski definition) is 2. The van der Waals surface area contributed by atoms with Gasteiger partial charge in [0.1, 0.15) is 0 Å². The fourth-order valence-corrected chi connectivity index (χ4v) is 1.91. The first-order valence-corrected chi connectivity index (χ1v) is 5.95. The third-order valence-electron chi connectivity index (χ3n) is 2.44. The molecule has 3 heteroatoms. The number of anilines is 1. The summed E-state index contributed by atoms with van der Waals surface area (Å²) in [6, 6.07) is 12.1. The van der Waals surface area contributed by atoms with Gasteiger partial charge in [0, 0.05) is 16.4 Å². The summed E-state index contributed by atoms with van der Waals surface area (Å²) in [5.41, 5.74) is 3.38. The van der Waals surface area contributed by atoms with Crippen molar-refractivity contribution in [3.63, 3.8) is 0 Å². The molecular formula is C13H13BrN2. The molecule has 1 aromatic carbocycles. The Kier molecular flexibility index (Phi) is 3.57.